The second-order valence-electron chi connectivity index (χ2n) is 22.7. The van der Waals surface area contributed by atoms with Gasteiger partial charge in [-0.25, -0.2) is 0 Å². The zero-order chi connectivity index (χ0) is 59.0. The SMILES string of the molecule is CCC(C)C1NC(=O)C(Cc2ccccc2)N(C)C(=O)C2CCCCN2C(=O)C(CO)N(C)C(=O)C(CC(C)C)NC(C)C(Cc2ccccc2)N(C)C(=O)C(C)NC(=O)C(C(C)C)N(C)C(=O)CCNC(=O)C(C)N(C)C1=O. The Morgan fingerprint density at radius 2 is 1.20 bits per heavy atom. The Labute approximate surface area is 469 Å². The molecule has 0 aromatic heterocycles. The second kappa shape index (κ2) is 30.3. The van der Waals surface area contributed by atoms with Gasteiger partial charge >= 0.3 is 0 Å². The number of benzene rings is 2. The van der Waals surface area contributed by atoms with E-state index in [9.17, 15) is 48.3 Å². The van der Waals surface area contributed by atoms with E-state index in [-0.39, 0.29) is 44.2 Å². The maximum absolute atomic E-state index is 15.0. The van der Waals surface area contributed by atoms with Crippen LogP contribution in [-0.4, -0.2) is 203 Å². The van der Waals surface area contributed by atoms with Crippen LogP contribution in [0, 0.1) is 17.8 Å². The van der Waals surface area contributed by atoms with Crippen molar-refractivity contribution in [2.75, 3.05) is 54.9 Å². The summed E-state index contributed by atoms with van der Waals surface area (Å²) in [6.45, 7) is 15.4. The zero-order valence-electron chi connectivity index (χ0n) is 49.4. The van der Waals surface area contributed by atoms with Crippen molar-refractivity contribution in [2.24, 2.45) is 17.8 Å². The summed E-state index contributed by atoms with van der Waals surface area (Å²) in [5.41, 5.74) is 1.64. The van der Waals surface area contributed by atoms with Crippen molar-refractivity contribution in [3.05, 3.63) is 71.8 Å². The number of carbonyl (C=O) groups excluding carboxylic acids is 9. The van der Waals surface area contributed by atoms with E-state index in [1.54, 1.807) is 39.6 Å². The number of fused-ring (bicyclic) bond motifs is 1. The summed E-state index contributed by atoms with van der Waals surface area (Å²) in [6, 6.07) is 8.70. The number of rotatable bonds is 10. The monoisotopic (exact) mass is 1100 g/mol. The van der Waals surface area contributed by atoms with Crippen LogP contribution < -0.4 is 21.3 Å². The third-order valence-electron chi connectivity index (χ3n) is 16.1. The number of hydrogen-bond donors (Lipinski definition) is 5. The third kappa shape index (κ3) is 17.1. The highest BCUT2D eigenvalue weighted by atomic mass is 16.3. The number of nitrogens with one attached hydrogen (secondary N) is 4. The first-order valence-electron chi connectivity index (χ1n) is 28.2. The smallest absolute Gasteiger partial charge is 0.248 e. The van der Waals surface area contributed by atoms with Crippen molar-refractivity contribution in [1.29, 1.82) is 0 Å². The van der Waals surface area contributed by atoms with Crippen molar-refractivity contribution in [3.8, 4) is 0 Å². The lowest BCUT2D eigenvalue weighted by Gasteiger charge is -2.42. The molecule has 2 fully saturated rings. The molecule has 438 valence electrons. The summed E-state index contributed by atoms with van der Waals surface area (Å²) in [5, 5.41) is 23.1. The van der Waals surface area contributed by atoms with Crippen molar-refractivity contribution >= 4 is 53.2 Å². The van der Waals surface area contributed by atoms with E-state index >= 15 is 0 Å². The lowest BCUT2D eigenvalue weighted by atomic mass is 9.95. The number of nitrogens with zero attached hydrogens (tertiary/aromatic N) is 6. The number of carbonyl (C=O) groups is 9. The van der Waals surface area contributed by atoms with E-state index in [0.717, 1.165) is 11.1 Å². The van der Waals surface area contributed by atoms with Gasteiger partial charge in [0.2, 0.25) is 53.2 Å². The predicted octanol–water partition coefficient (Wildman–Crippen LogP) is 2.60. The van der Waals surface area contributed by atoms with Crippen LogP contribution in [0.4, 0.5) is 0 Å². The van der Waals surface area contributed by atoms with Crippen molar-refractivity contribution < 1.29 is 48.3 Å². The van der Waals surface area contributed by atoms with Crippen LogP contribution in [0.1, 0.15) is 112 Å². The van der Waals surface area contributed by atoms with Gasteiger partial charge in [-0.3, -0.25) is 43.2 Å². The van der Waals surface area contributed by atoms with Crippen LogP contribution in [0.3, 0.4) is 0 Å². The van der Waals surface area contributed by atoms with Crippen molar-refractivity contribution in [3.63, 3.8) is 0 Å². The zero-order valence-corrected chi connectivity index (χ0v) is 49.4. The van der Waals surface area contributed by atoms with Gasteiger partial charge in [-0.15, -0.1) is 0 Å². The van der Waals surface area contributed by atoms with Gasteiger partial charge in [0, 0.05) is 67.2 Å². The van der Waals surface area contributed by atoms with E-state index in [0.29, 0.717) is 32.1 Å². The molecular weight excluding hydrogens is 1010 g/mol. The molecule has 0 bridgehead atoms. The van der Waals surface area contributed by atoms with Crippen LogP contribution in [0.2, 0.25) is 0 Å². The fraction of sp³-hybridized carbons (Fsp3) is 0.644. The summed E-state index contributed by atoms with van der Waals surface area (Å²) < 4.78 is 0. The fourth-order valence-electron chi connectivity index (χ4n) is 10.7. The van der Waals surface area contributed by atoms with E-state index in [4.69, 9.17) is 0 Å². The molecule has 5 N–H and O–H groups in total. The lowest BCUT2D eigenvalue weighted by Crippen LogP contribution is -2.63. The molecule has 11 atom stereocenters. The first-order valence-corrected chi connectivity index (χ1v) is 28.2. The van der Waals surface area contributed by atoms with Gasteiger partial charge < -0.3 is 55.8 Å². The molecule has 0 saturated carbocycles. The van der Waals surface area contributed by atoms with E-state index in [1.807, 2.05) is 88.4 Å². The molecule has 2 aromatic rings. The molecule has 2 heterocycles. The summed E-state index contributed by atoms with van der Waals surface area (Å²) in [7, 11) is 7.53. The Morgan fingerprint density at radius 1 is 0.620 bits per heavy atom. The number of likely N-dealkylation sites (N-methyl/N-ethyl adjacent to an activating group) is 5. The Balaban J connectivity index is 1.83. The minimum Gasteiger partial charge on any atom is -0.394 e. The van der Waals surface area contributed by atoms with Gasteiger partial charge in [-0.2, -0.15) is 0 Å². The quantitative estimate of drug-likeness (QED) is 0.232. The molecule has 2 aliphatic heterocycles. The van der Waals surface area contributed by atoms with Gasteiger partial charge in [0.1, 0.15) is 42.3 Å². The molecule has 0 radical (unpaired) electrons. The van der Waals surface area contributed by atoms with Gasteiger partial charge in [0.15, 0.2) is 0 Å². The molecule has 2 aromatic carbocycles. The molecule has 0 aliphatic carbocycles. The van der Waals surface area contributed by atoms with Crippen molar-refractivity contribution in [1.82, 2.24) is 50.7 Å². The van der Waals surface area contributed by atoms with Crippen LogP contribution in [-0.2, 0) is 56.0 Å². The van der Waals surface area contributed by atoms with Crippen LogP contribution >= 0.6 is 0 Å². The lowest BCUT2D eigenvalue weighted by molar-refractivity contribution is -0.156. The fourth-order valence-corrected chi connectivity index (χ4v) is 10.7. The highest BCUT2D eigenvalue weighted by Crippen LogP contribution is 2.25. The Hall–Kier alpha value is -6.41. The third-order valence-corrected chi connectivity index (χ3v) is 16.1. The van der Waals surface area contributed by atoms with Gasteiger partial charge in [-0.1, -0.05) is 109 Å². The summed E-state index contributed by atoms with van der Waals surface area (Å²) >= 11 is 0. The first kappa shape index (κ1) is 65.1. The average molecular weight is 1100 g/mol. The molecule has 11 unspecified atom stereocenters. The highest BCUT2D eigenvalue weighted by Gasteiger charge is 2.44. The number of aliphatic hydroxyl groups excluding tert-OH is 1. The molecule has 2 aliphatic rings. The normalized spacial score (nSPS) is 27.6. The molecule has 20 heteroatoms. The molecule has 20 nitrogen and oxygen atoms in total. The molecule has 2 saturated heterocycles. The molecule has 0 spiro atoms. The Bertz CT molecular complexity index is 2390. The standard InChI is InChI=1S/C59H92N10O10/c1-15-38(6)50-59(79)64(10)41(9)52(72)60-30-29-49(71)68(14)51(37(4)5)54(74)62-40(8)55(75)65(11)46(33-42-24-18-16-19-25-42)39(7)61-44(32-36(2)3)56(76)67(13)48(35-70)58(78)69-31-23-22-28-45(69)57(77)66(12)47(53(73)63-50)34-43-26-20-17-21-27-43/h16-21,24-27,36-41,44-48,50-51,61,70H,15,22-23,28-35H2,1-14H3,(H,60,72)(H,62,74)(H,63,73). The maximum Gasteiger partial charge on any atom is 0.248 e. The summed E-state index contributed by atoms with van der Waals surface area (Å²) in [5.74, 6) is -5.68. The maximum atomic E-state index is 15.0. The molecule has 9 amide bonds. The minimum absolute atomic E-state index is 0.0267. The number of piperidine rings is 1. The first-order chi connectivity index (χ1) is 37.3. The number of aliphatic hydroxyl groups is 1. The predicted molar refractivity (Wildman–Crippen MR) is 302 cm³/mol. The summed E-state index contributed by atoms with van der Waals surface area (Å²) in [6.07, 6.45) is 2.38. The largest absolute Gasteiger partial charge is 0.394 e. The average Bonchev–Trinajstić information content (AvgIpc) is 3.44. The molecular formula is C59H92N10O10. The van der Waals surface area contributed by atoms with E-state index in [2.05, 4.69) is 21.3 Å². The van der Waals surface area contributed by atoms with Gasteiger partial charge in [0.25, 0.3) is 0 Å². The molecule has 4 rings (SSSR count). The topological polar surface area (TPSA) is 241 Å². The Morgan fingerprint density at radius 3 is 1.76 bits per heavy atom. The van der Waals surface area contributed by atoms with Crippen LogP contribution in [0.15, 0.2) is 60.7 Å². The van der Waals surface area contributed by atoms with E-state index < -0.39 is 126 Å². The van der Waals surface area contributed by atoms with Crippen molar-refractivity contribution in [2.45, 2.75) is 174 Å². The summed E-state index contributed by atoms with van der Waals surface area (Å²) in [4.78, 5) is 138. The number of hydrogen-bond acceptors (Lipinski definition) is 11. The minimum atomic E-state index is -1.40. The van der Waals surface area contributed by atoms with E-state index in [1.165, 1.54) is 59.6 Å². The van der Waals surface area contributed by atoms with Crippen LogP contribution in [0.5, 0.6) is 0 Å². The van der Waals surface area contributed by atoms with Gasteiger partial charge in [-0.05, 0) is 81.8 Å². The molecule has 79 heavy (non-hydrogen) atoms. The second-order valence-corrected chi connectivity index (χ2v) is 22.7. The Kier molecular flexibility index (Phi) is 24.9. The van der Waals surface area contributed by atoms with Crippen LogP contribution in [0.25, 0.3) is 0 Å². The highest BCUT2D eigenvalue weighted by molar-refractivity contribution is 5.97. The number of amides is 9. The van der Waals surface area contributed by atoms with Gasteiger partial charge in [0.05, 0.1) is 18.7 Å².